The molecular weight excluding hydrogens is 252 g/mol. The maximum absolute atomic E-state index is 12.1. The Labute approximate surface area is 118 Å². The fraction of sp³-hybridized carbons (Fsp3) is 0.267. The summed E-state index contributed by atoms with van der Waals surface area (Å²) < 4.78 is 0. The third kappa shape index (κ3) is 3.39. The lowest BCUT2D eigenvalue weighted by atomic mass is 10.1. The first-order valence-electron chi connectivity index (χ1n) is 6.41. The maximum atomic E-state index is 12.1. The molecule has 0 aliphatic rings. The topological polar surface area (TPSA) is 80.9 Å². The number of amides is 1. The third-order valence-corrected chi connectivity index (χ3v) is 2.94. The number of hydrogen-bond donors (Lipinski definition) is 2. The van der Waals surface area contributed by atoms with E-state index in [1.54, 1.807) is 0 Å². The Hall–Kier alpha value is -2.27. The molecule has 1 unspecified atom stereocenters. The second-order valence-electron chi connectivity index (χ2n) is 4.85. The molecule has 0 bridgehead atoms. The maximum Gasteiger partial charge on any atom is 0.248 e. The molecule has 0 saturated carbocycles. The third-order valence-electron chi connectivity index (χ3n) is 2.94. The molecule has 0 spiro atoms. The van der Waals surface area contributed by atoms with Crippen LogP contribution in [0.2, 0.25) is 0 Å². The summed E-state index contributed by atoms with van der Waals surface area (Å²) in [6.45, 7) is 5.69. The van der Waals surface area contributed by atoms with Crippen LogP contribution in [0.1, 0.15) is 28.6 Å². The lowest BCUT2D eigenvalue weighted by Gasteiger charge is -2.12. The van der Waals surface area contributed by atoms with Crippen LogP contribution >= 0.6 is 0 Å². The Balaban J connectivity index is 2.13. The van der Waals surface area contributed by atoms with E-state index < -0.39 is 6.04 Å². The second kappa shape index (κ2) is 5.79. The molecule has 104 valence electrons. The highest BCUT2D eigenvalue weighted by Gasteiger charge is 2.16. The molecule has 1 aromatic carbocycles. The van der Waals surface area contributed by atoms with Gasteiger partial charge in [0.1, 0.15) is 6.04 Å². The number of anilines is 1. The Bertz CT molecular complexity index is 602. The molecule has 5 nitrogen and oxygen atoms in total. The van der Waals surface area contributed by atoms with Crippen molar-refractivity contribution in [1.82, 2.24) is 9.97 Å². The van der Waals surface area contributed by atoms with Crippen LogP contribution in [-0.4, -0.2) is 15.9 Å². The van der Waals surface area contributed by atoms with Crippen molar-refractivity contribution in [2.45, 2.75) is 26.8 Å². The number of nitrogens with zero attached hydrogens (tertiary/aromatic N) is 2. The first-order chi connectivity index (χ1) is 9.45. The molecule has 0 aliphatic carbocycles. The van der Waals surface area contributed by atoms with Gasteiger partial charge in [-0.2, -0.15) is 0 Å². The number of nitrogens with one attached hydrogen (secondary N) is 1. The van der Waals surface area contributed by atoms with Crippen molar-refractivity contribution >= 4 is 11.9 Å². The monoisotopic (exact) mass is 270 g/mol. The largest absolute Gasteiger partial charge is 0.316 e. The van der Waals surface area contributed by atoms with Crippen LogP contribution in [0.4, 0.5) is 5.95 Å². The minimum Gasteiger partial charge on any atom is -0.316 e. The van der Waals surface area contributed by atoms with Gasteiger partial charge in [0.15, 0.2) is 0 Å². The van der Waals surface area contributed by atoms with Crippen molar-refractivity contribution in [2.24, 2.45) is 5.73 Å². The molecule has 0 saturated heterocycles. The standard InChI is InChI=1S/C15H18N4O/c1-9-4-6-12(7-5-9)13(16)14(20)19-15-17-10(2)8-11(3)18-15/h4-8,13H,16H2,1-3H3,(H,17,18,19,20). The average Bonchev–Trinajstić information content (AvgIpc) is 2.37. The Morgan fingerprint density at radius 1 is 1.10 bits per heavy atom. The van der Waals surface area contributed by atoms with Crippen molar-refractivity contribution in [3.63, 3.8) is 0 Å². The highest BCUT2D eigenvalue weighted by atomic mass is 16.2. The molecule has 0 aliphatic heterocycles. The van der Waals surface area contributed by atoms with Gasteiger partial charge in [-0.05, 0) is 32.4 Å². The molecule has 20 heavy (non-hydrogen) atoms. The van der Waals surface area contributed by atoms with Gasteiger partial charge in [0.2, 0.25) is 11.9 Å². The molecule has 0 radical (unpaired) electrons. The van der Waals surface area contributed by atoms with Crippen LogP contribution in [0, 0.1) is 20.8 Å². The predicted octanol–water partition coefficient (Wildman–Crippen LogP) is 2.04. The molecule has 5 heteroatoms. The van der Waals surface area contributed by atoms with E-state index in [0.29, 0.717) is 0 Å². The van der Waals surface area contributed by atoms with Gasteiger partial charge in [-0.15, -0.1) is 0 Å². The summed E-state index contributed by atoms with van der Waals surface area (Å²) in [5, 5.41) is 2.65. The Morgan fingerprint density at radius 2 is 1.65 bits per heavy atom. The van der Waals surface area contributed by atoms with E-state index in [1.807, 2.05) is 51.1 Å². The lowest BCUT2D eigenvalue weighted by molar-refractivity contribution is -0.117. The van der Waals surface area contributed by atoms with Gasteiger partial charge in [0, 0.05) is 11.4 Å². The number of nitrogens with two attached hydrogens (primary N) is 1. The SMILES string of the molecule is Cc1ccc(C(N)C(=O)Nc2nc(C)cc(C)n2)cc1. The zero-order chi connectivity index (χ0) is 14.7. The Morgan fingerprint density at radius 3 is 2.20 bits per heavy atom. The second-order valence-corrected chi connectivity index (χ2v) is 4.85. The van der Waals surface area contributed by atoms with Gasteiger partial charge >= 0.3 is 0 Å². The van der Waals surface area contributed by atoms with Gasteiger partial charge in [-0.3, -0.25) is 10.1 Å². The van der Waals surface area contributed by atoms with Gasteiger partial charge in [0.25, 0.3) is 0 Å². The molecule has 2 rings (SSSR count). The zero-order valence-corrected chi connectivity index (χ0v) is 11.8. The first-order valence-corrected chi connectivity index (χ1v) is 6.41. The van der Waals surface area contributed by atoms with E-state index in [0.717, 1.165) is 22.5 Å². The molecule has 0 fully saturated rings. The van der Waals surface area contributed by atoms with Gasteiger partial charge in [0.05, 0.1) is 0 Å². The fourth-order valence-electron chi connectivity index (χ4n) is 1.89. The van der Waals surface area contributed by atoms with Crippen LogP contribution in [0.25, 0.3) is 0 Å². The molecular formula is C15H18N4O. The van der Waals surface area contributed by atoms with Crippen LogP contribution in [0.15, 0.2) is 30.3 Å². The minimum atomic E-state index is -0.736. The Kier molecular flexibility index (Phi) is 4.10. The van der Waals surface area contributed by atoms with Crippen LogP contribution in [0.5, 0.6) is 0 Å². The highest BCUT2D eigenvalue weighted by Crippen LogP contribution is 2.13. The van der Waals surface area contributed by atoms with Crippen LogP contribution in [-0.2, 0) is 4.79 Å². The molecule has 1 aromatic heterocycles. The van der Waals surface area contributed by atoms with E-state index in [2.05, 4.69) is 15.3 Å². The molecule has 2 aromatic rings. The van der Waals surface area contributed by atoms with E-state index in [1.165, 1.54) is 0 Å². The summed E-state index contributed by atoms with van der Waals surface area (Å²) in [4.78, 5) is 20.4. The van der Waals surface area contributed by atoms with Gasteiger partial charge in [-0.25, -0.2) is 9.97 Å². The number of aryl methyl sites for hydroxylation is 3. The molecule has 1 heterocycles. The van der Waals surface area contributed by atoms with E-state index in [9.17, 15) is 4.79 Å². The van der Waals surface area contributed by atoms with Crippen molar-refractivity contribution in [3.8, 4) is 0 Å². The number of carbonyl (C=O) groups excluding carboxylic acids is 1. The molecule has 1 atom stereocenters. The quantitative estimate of drug-likeness (QED) is 0.894. The summed E-state index contributed by atoms with van der Waals surface area (Å²) >= 11 is 0. The summed E-state index contributed by atoms with van der Waals surface area (Å²) in [6.07, 6.45) is 0. The van der Waals surface area contributed by atoms with E-state index in [4.69, 9.17) is 5.73 Å². The average molecular weight is 270 g/mol. The lowest BCUT2D eigenvalue weighted by Crippen LogP contribution is -2.28. The molecule has 3 N–H and O–H groups in total. The summed E-state index contributed by atoms with van der Waals surface area (Å²) in [7, 11) is 0. The normalized spacial score (nSPS) is 12.0. The smallest absolute Gasteiger partial charge is 0.248 e. The first kappa shape index (κ1) is 14.1. The van der Waals surface area contributed by atoms with E-state index in [-0.39, 0.29) is 11.9 Å². The van der Waals surface area contributed by atoms with Crippen molar-refractivity contribution in [3.05, 3.63) is 52.8 Å². The number of benzene rings is 1. The fourth-order valence-corrected chi connectivity index (χ4v) is 1.89. The van der Waals surface area contributed by atoms with Crippen molar-refractivity contribution in [2.75, 3.05) is 5.32 Å². The minimum absolute atomic E-state index is 0.287. The summed E-state index contributed by atoms with van der Waals surface area (Å²) in [5.74, 6) is -0.0334. The van der Waals surface area contributed by atoms with Gasteiger partial charge in [-0.1, -0.05) is 29.8 Å². The van der Waals surface area contributed by atoms with Crippen molar-refractivity contribution in [1.29, 1.82) is 0 Å². The summed E-state index contributed by atoms with van der Waals surface area (Å²) in [6, 6.07) is 8.66. The summed E-state index contributed by atoms with van der Waals surface area (Å²) in [5.41, 5.74) is 9.44. The van der Waals surface area contributed by atoms with Gasteiger partial charge < -0.3 is 5.73 Å². The predicted molar refractivity (Wildman–Crippen MR) is 78.2 cm³/mol. The molecule has 1 amide bonds. The number of hydrogen-bond acceptors (Lipinski definition) is 4. The number of rotatable bonds is 3. The van der Waals surface area contributed by atoms with Crippen LogP contribution in [0.3, 0.4) is 0 Å². The number of carbonyl (C=O) groups is 1. The van der Waals surface area contributed by atoms with E-state index >= 15 is 0 Å². The van der Waals surface area contributed by atoms with Crippen LogP contribution < -0.4 is 11.1 Å². The number of aromatic nitrogens is 2. The highest BCUT2D eigenvalue weighted by molar-refractivity contribution is 5.94. The zero-order valence-electron chi connectivity index (χ0n) is 11.8. The van der Waals surface area contributed by atoms with Crippen molar-refractivity contribution < 1.29 is 4.79 Å².